The number of carbonyl (C=O) groups is 2. The lowest BCUT2D eigenvalue weighted by Gasteiger charge is -2.43. The molecule has 0 aliphatic heterocycles. The van der Waals surface area contributed by atoms with Crippen molar-refractivity contribution in [3.05, 3.63) is 30.1 Å². The van der Waals surface area contributed by atoms with E-state index in [9.17, 15) is 9.59 Å². The number of pyridine rings is 1. The summed E-state index contributed by atoms with van der Waals surface area (Å²) >= 11 is 5.42. The van der Waals surface area contributed by atoms with Crippen molar-refractivity contribution >= 4 is 29.1 Å². The number of ether oxygens (including phenoxy) is 2. The molecule has 2 atom stereocenters. The topological polar surface area (TPSA) is 91.5 Å². The fraction of sp³-hybridized carbons (Fsp3) is 0.556. The normalized spacial score (nSPS) is 22.8. The number of esters is 2. The van der Waals surface area contributed by atoms with Gasteiger partial charge < -0.3 is 15.2 Å². The minimum Gasteiger partial charge on any atom is -0.469 e. The van der Waals surface area contributed by atoms with Crippen LogP contribution < -0.4 is 5.73 Å². The number of hydrogen-bond donors (Lipinski definition) is 1. The molecule has 0 saturated heterocycles. The molecule has 1 aliphatic rings. The van der Waals surface area contributed by atoms with Gasteiger partial charge in [-0.1, -0.05) is 31.1 Å². The second-order valence-corrected chi connectivity index (χ2v) is 6.72. The maximum atomic E-state index is 11.9. The van der Waals surface area contributed by atoms with Crippen LogP contribution in [-0.4, -0.2) is 35.6 Å². The minimum absolute atomic E-state index is 0.00465. The Balaban J connectivity index is 2.10. The molecule has 2 unspecified atom stereocenters. The summed E-state index contributed by atoms with van der Waals surface area (Å²) in [5.41, 5.74) is 6.61. The first-order chi connectivity index (χ1) is 12.0. The van der Waals surface area contributed by atoms with E-state index in [1.54, 1.807) is 12.4 Å². The van der Waals surface area contributed by atoms with Crippen molar-refractivity contribution in [3.8, 4) is 0 Å². The Morgan fingerprint density at radius 2 is 2.12 bits per heavy atom. The molecule has 1 aromatic rings. The van der Waals surface area contributed by atoms with Crippen molar-refractivity contribution in [2.24, 2.45) is 11.7 Å². The first-order valence-electron chi connectivity index (χ1n) is 8.43. The van der Waals surface area contributed by atoms with Crippen LogP contribution in [0.25, 0.3) is 0 Å². The molecule has 2 rings (SSSR count). The third kappa shape index (κ3) is 4.54. The zero-order chi connectivity index (χ0) is 18.3. The smallest absolute Gasteiger partial charge is 0.306 e. The zero-order valence-corrected chi connectivity index (χ0v) is 15.2. The van der Waals surface area contributed by atoms with Gasteiger partial charge in [0.1, 0.15) is 0 Å². The molecule has 1 fully saturated rings. The van der Waals surface area contributed by atoms with Gasteiger partial charge in [0.25, 0.3) is 0 Å². The second kappa shape index (κ2) is 8.89. The van der Waals surface area contributed by atoms with E-state index in [-0.39, 0.29) is 25.4 Å². The van der Waals surface area contributed by atoms with Gasteiger partial charge in [0.15, 0.2) is 0 Å². The van der Waals surface area contributed by atoms with Crippen molar-refractivity contribution in [1.29, 1.82) is 0 Å². The molecule has 1 heterocycles. The summed E-state index contributed by atoms with van der Waals surface area (Å²) in [5, 5.41) is 0. The molecule has 136 valence electrons. The molecule has 6 nitrogen and oxygen atoms in total. The largest absolute Gasteiger partial charge is 0.469 e. The van der Waals surface area contributed by atoms with Gasteiger partial charge in [-0.05, 0) is 24.5 Å². The number of thiocarbonyl (C=S) groups is 1. The standard InChI is InChI=1S/C18H24N2O4S/c1-23-15(21)7-8-16(22)24-12-14-5-2-3-9-18(14,17(19)25)13-6-4-10-20-11-13/h4,6,10-11,14H,2-3,5,7-9,12H2,1H3,(H2,19,25). The number of methoxy groups -OCH3 is 1. The van der Waals surface area contributed by atoms with Gasteiger partial charge >= 0.3 is 11.9 Å². The first-order valence-corrected chi connectivity index (χ1v) is 8.84. The second-order valence-electron chi connectivity index (χ2n) is 6.28. The molecule has 0 amide bonds. The van der Waals surface area contributed by atoms with Gasteiger partial charge in [-0.15, -0.1) is 0 Å². The number of rotatable bonds is 7. The van der Waals surface area contributed by atoms with Crippen LogP contribution in [0.15, 0.2) is 24.5 Å². The molecule has 1 aliphatic carbocycles. The van der Waals surface area contributed by atoms with Crippen LogP contribution in [0.3, 0.4) is 0 Å². The molecule has 25 heavy (non-hydrogen) atoms. The Labute approximate surface area is 153 Å². The van der Waals surface area contributed by atoms with E-state index < -0.39 is 17.4 Å². The lowest BCUT2D eigenvalue weighted by molar-refractivity contribution is -0.150. The SMILES string of the molecule is COC(=O)CCC(=O)OCC1CCCCC1(C(N)=S)c1cccnc1. The average Bonchev–Trinajstić information content (AvgIpc) is 2.65. The van der Waals surface area contributed by atoms with E-state index in [2.05, 4.69) is 9.72 Å². The molecule has 0 radical (unpaired) electrons. The molecule has 1 aromatic heterocycles. The number of nitrogens with two attached hydrogens (primary N) is 1. The summed E-state index contributed by atoms with van der Waals surface area (Å²) in [5.74, 6) is -0.841. The Morgan fingerprint density at radius 3 is 2.76 bits per heavy atom. The molecule has 0 bridgehead atoms. The number of aromatic nitrogens is 1. The monoisotopic (exact) mass is 364 g/mol. The molecule has 0 aromatic carbocycles. The number of nitrogens with zero attached hydrogens (tertiary/aromatic N) is 1. The van der Waals surface area contributed by atoms with Gasteiger partial charge in [-0.25, -0.2) is 0 Å². The first kappa shape index (κ1) is 19.3. The maximum absolute atomic E-state index is 11.9. The summed E-state index contributed by atoms with van der Waals surface area (Å²) in [6, 6.07) is 3.84. The van der Waals surface area contributed by atoms with Crippen molar-refractivity contribution < 1.29 is 19.1 Å². The van der Waals surface area contributed by atoms with E-state index in [4.69, 9.17) is 22.7 Å². The highest BCUT2D eigenvalue weighted by atomic mass is 32.1. The molecule has 2 N–H and O–H groups in total. The van der Waals surface area contributed by atoms with E-state index >= 15 is 0 Å². The summed E-state index contributed by atoms with van der Waals surface area (Å²) < 4.78 is 9.95. The van der Waals surface area contributed by atoms with Gasteiger partial charge in [-0.3, -0.25) is 14.6 Å². The van der Waals surface area contributed by atoms with Crippen molar-refractivity contribution in [2.45, 2.75) is 43.9 Å². The van der Waals surface area contributed by atoms with Crippen LogP contribution in [0.1, 0.15) is 44.1 Å². The Hall–Kier alpha value is -2.02. The van der Waals surface area contributed by atoms with Gasteiger partial charge in [0.2, 0.25) is 0 Å². The summed E-state index contributed by atoms with van der Waals surface area (Å²) in [7, 11) is 1.29. The molecule has 0 spiro atoms. The lowest BCUT2D eigenvalue weighted by atomic mass is 9.63. The summed E-state index contributed by atoms with van der Waals surface area (Å²) in [6.07, 6.45) is 7.26. The highest BCUT2D eigenvalue weighted by Crippen LogP contribution is 2.44. The third-order valence-electron chi connectivity index (χ3n) is 4.89. The van der Waals surface area contributed by atoms with Crippen LogP contribution >= 0.6 is 12.2 Å². The predicted molar refractivity (Wildman–Crippen MR) is 96.9 cm³/mol. The number of carbonyl (C=O) groups excluding carboxylic acids is 2. The summed E-state index contributed by atoms with van der Waals surface area (Å²) in [6.45, 7) is 0.228. The van der Waals surface area contributed by atoms with Gasteiger partial charge in [0, 0.05) is 18.3 Å². The highest BCUT2D eigenvalue weighted by Gasteiger charge is 2.45. The van der Waals surface area contributed by atoms with E-state index in [1.165, 1.54) is 7.11 Å². The van der Waals surface area contributed by atoms with Crippen molar-refractivity contribution in [2.75, 3.05) is 13.7 Å². The molecule has 1 saturated carbocycles. The van der Waals surface area contributed by atoms with E-state index in [0.717, 1.165) is 31.2 Å². The number of hydrogen-bond acceptors (Lipinski definition) is 6. The van der Waals surface area contributed by atoms with Crippen LogP contribution in [-0.2, 0) is 24.5 Å². The quantitative estimate of drug-likeness (QED) is 0.586. The zero-order valence-electron chi connectivity index (χ0n) is 14.4. The lowest BCUT2D eigenvalue weighted by Crippen LogP contribution is -2.50. The van der Waals surface area contributed by atoms with Crippen molar-refractivity contribution in [1.82, 2.24) is 4.98 Å². The fourth-order valence-electron chi connectivity index (χ4n) is 3.52. The van der Waals surface area contributed by atoms with E-state index in [0.29, 0.717) is 4.99 Å². The third-order valence-corrected chi connectivity index (χ3v) is 5.26. The predicted octanol–water partition coefficient (Wildman–Crippen LogP) is 2.29. The maximum Gasteiger partial charge on any atom is 0.306 e. The van der Waals surface area contributed by atoms with Crippen LogP contribution in [0.5, 0.6) is 0 Å². The van der Waals surface area contributed by atoms with Gasteiger partial charge in [0.05, 0.1) is 37.0 Å². The average molecular weight is 364 g/mol. The minimum atomic E-state index is -0.509. The highest BCUT2D eigenvalue weighted by molar-refractivity contribution is 7.80. The Morgan fingerprint density at radius 1 is 1.36 bits per heavy atom. The van der Waals surface area contributed by atoms with Crippen LogP contribution in [0.2, 0.25) is 0 Å². The molecular weight excluding hydrogens is 340 g/mol. The Bertz CT molecular complexity index is 623. The summed E-state index contributed by atoms with van der Waals surface area (Å²) in [4.78, 5) is 27.7. The van der Waals surface area contributed by atoms with E-state index in [1.807, 2.05) is 12.1 Å². The molecular formula is C18H24N2O4S. The van der Waals surface area contributed by atoms with Crippen molar-refractivity contribution in [3.63, 3.8) is 0 Å². The van der Waals surface area contributed by atoms with Crippen LogP contribution in [0.4, 0.5) is 0 Å². The fourth-order valence-corrected chi connectivity index (χ4v) is 3.90. The van der Waals surface area contributed by atoms with Gasteiger partial charge in [-0.2, -0.15) is 0 Å². The molecule has 7 heteroatoms. The Kier molecular flexibility index (Phi) is 6.87. The van der Waals surface area contributed by atoms with Crippen LogP contribution in [0, 0.1) is 5.92 Å².